The number of ether oxygens (including phenoxy) is 1. The van der Waals surface area contributed by atoms with Crippen molar-refractivity contribution in [1.82, 2.24) is 19.5 Å². The van der Waals surface area contributed by atoms with Crippen molar-refractivity contribution in [2.75, 3.05) is 6.61 Å². The molecule has 0 bridgehead atoms. The van der Waals surface area contributed by atoms with E-state index in [2.05, 4.69) is 98.9 Å². The molecule has 0 spiro atoms. The number of fused-ring (bicyclic) bond motifs is 1. The summed E-state index contributed by atoms with van der Waals surface area (Å²) in [4.78, 5) is 13.0. The second-order valence-corrected chi connectivity index (χ2v) is 9.47. The second kappa shape index (κ2) is 9.34. The topological polar surface area (TPSA) is 52.8 Å². The van der Waals surface area contributed by atoms with E-state index in [1.54, 1.807) is 6.33 Å². The number of imidazole rings is 1. The Morgan fingerprint density at radius 2 is 1.39 bits per heavy atom. The zero-order valence-electron chi connectivity index (χ0n) is 19.7. The van der Waals surface area contributed by atoms with E-state index < -0.39 is 5.60 Å². The first kappa shape index (κ1) is 22.7. The summed E-state index contributed by atoms with van der Waals surface area (Å²) in [5, 5.41) is 0.362. The molecule has 36 heavy (non-hydrogen) atoms. The van der Waals surface area contributed by atoms with Crippen molar-refractivity contribution in [3.05, 3.63) is 138 Å². The van der Waals surface area contributed by atoms with Crippen LogP contribution in [0.3, 0.4) is 0 Å². The van der Waals surface area contributed by atoms with Gasteiger partial charge in [-0.1, -0.05) is 115 Å². The van der Waals surface area contributed by atoms with Gasteiger partial charge in [-0.15, -0.1) is 0 Å². The molecule has 2 atom stereocenters. The van der Waals surface area contributed by atoms with Gasteiger partial charge < -0.3 is 9.30 Å². The lowest BCUT2D eigenvalue weighted by Gasteiger charge is -2.43. The molecule has 1 aliphatic carbocycles. The highest BCUT2D eigenvalue weighted by atomic mass is 35.5. The van der Waals surface area contributed by atoms with Gasteiger partial charge in [-0.3, -0.25) is 0 Å². The minimum Gasteiger partial charge on any atom is -0.360 e. The molecule has 2 heterocycles. The fourth-order valence-electron chi connectivity index (χ4n) is 5.24. The van der Waals surface area contributed by atoms with Crippen LogP contribution < -0.4 is 0 Å². The maximum atomic E-state index is 7.07. The third-order valence-corrected chi connectivity index (χ3v) is 7.43. The van der Waals surface area contributed by atoms with E-state index in [0.29, 0.717) is 17.3 Å². The molecule has 0 saturated heterocycles. The summed E-state index contributed by atoms with van der Waals surface area (Å²) in [7, 11) is 0. The van der Waals surface area contributed by atoms with Crippen molar-refractivity contribution in [3.8, 4) is 0 Å². The third-order valence-electron chi connectivity index (χ3n) is 7.15. The number of hydrogen-bond acceptors (Lipinski definition) is 4. The Hall–Kier alpha value is -3.80. The van der Waals surface area contributed by atoms with Crippen LogP contribution in [0.2, 0.25) is 5.15 Å². The van der Waals surface area contributed by atoms with E-state index in [0.717, 1.165) is 34.3 Å². The van der Waals surface area contributed by atoms with E-state index in [4.69, 9.17) is 16.3 Å². The fraction of sp³-hybridized carbons (Fsp3) is 0.167. The summed E-state index contributed by atoms with van der Waals surface area (Å²) >= 11 is 6.26. The fourth-order valence-corrected chi connectivity index (χ4v) is 5.42. The highest BCUT2D eigenvalue weighted by Gasteiger charge is 2.42. The van der Waals surface area contributed by atoms with Crippen LogP contribution in [-0.4, -0.2) is 26.1 Å². The van der Waals surface area contributed by atoms with E-state index in [1.807, 2.05) is 18.2 Å². The highest BCUT2D eigenvalue weighted by molar-refractivity contribution is 6.33. The molecule has 3 aromatic carbocycles. The zero-order valence-corrected chi connectivity index (χ0v) is 20.4. The van der Waals surface area contributed by atoms with Crippen LogP contribution in [0.15, 0.2) is 116 Å². The zero-order chi connectivity index (χ0) is 24.5. The van der Waals surface area contributed by atoms with Gasteiger partial charge in [-0.25, -0.2) is 15.0 Å². The predicted molar refractivity (Wildman–Crippen MR) is 142 cm³/mol. The van der Waals surface area contributed by atoms with Crippen molar-refractivity contribution in [2.45, 2.75) is 18.1 Å². The Kier molecular flexibility index (Phi) is 5.88. The molecule has 5 nitrogen and oxygen atoms in total. The normalized spacial score (nSPS) is 17.8. The van der Waals surface area contributed by atoms with E-state index >= 15 is 0 Å². The maximum Gasteiger partial charge on any atom is 0.165 e. The molecule has 178 valence electrons. The van der Waals surface area contributed by atoms with Crippen LogP contribution in [0.25, 0.3) is 11.2 Å². The molecule has 1 saturated carbocycles. The molecule has 5 aromatic rings. The highest BCUT2D eigenvalue weighted by Crippen LogP contribution is 2.47. The summed E-state index contributed by atoms with van der Waals surface area (Å²) < 4.78 is 9.16. The lowest BCUT2D eigenvalue weighted by atomic mass is 9.74. The summed E-state index contributed by atoms with van der Waals surface area (Å²) in [5.41, 5.74) is 4.98. The van der Waals surface area contributed by atoms with Gasteiger partial charge in [0, 0.05) is 12.0 Å². The first-order chi connectivity index (χ1) is 17.7. The minimum atomic E-state index is -0.771. The summed E-state index contributed by atoms with van der Waals surface area (Å²) in [6, 6.07) is 31.4. The Morgan fingerprint density at radius 3 is 1.92 bits per heavy atom. The van der Waals surface area contributed by atoms with Crippen LogP contribution >= 0.6 is 11.6 Å². The van der Waals surface area contributed by atoms with Gasteiger partial charge in [0.1, 0.15) is 17.4 Å². The van der Waals surface area contributed by atoms with Gasteiger partial charge in [0.15, 0.2) is 10.8 Å². The molecular weight excluding hydrogens is 468 g/mol. The van der Waals surface area contributed by atoms with Crippen molar-refractivity contribution in [3.63, 3.8) is 0 Å². The van der Waals surface area contributed by atoms with E-state index in [1.165, 1.54) is 6.33 Å². The smallest absolute Gasteiger partial charge is 0.165 e. The largest absolute Gasteiger partial charge is 0.360 e. The molecule has 0 amide bonds. The molecule has 6 heteroatoms. The summed E-state index contributed by atoms with van der Waals surface area (Å²) in [5.74, 6) is 0.103. The average Bonchev–Trinajstić information content (AvgIpc) is 3.36. The third kappa shape index (κ3) is 3.72. The number of benzene rings is 3. The molecule has 1 fully saturated rings. The Labute approximate surface area is 215 Å². The lowest BCUT2D eigenvalue weighted by Crippen LogP contribution is -2.40. The SMILES string of the molecule is C=C1C[C@@H](n2cnc3c(Cl)ncnc32)[C@@H]1COC(c1ccccc1)(c1ccccc1)c1ccccc1. The number of hydrogen-bond donors (Lipinski definition) is 0. The van der Waals surface area contributed by atoms with Crippen LogP contribution in [0.1, 0.15) is 29.2 Å². The molecule has 0 aliphatic heterocycles. The van der Waals surface area contributed by atoms with Crippen LogP contribution in [0.4, 0.5) is 0 Å². The standard InChI is InChI=1S/C30H25ClN4O/c1-21-17-26(35-20-34-27-28(31)32-19-33-29(27)35)25(21)18-36-30(22-11-5-2-6-12-22,23-13-7-3-8-14-23)24-15-9-4-10-16-24/h2-16,19-20,25-26H,1,17-18H2/t25-,26-/m1/s1. The average molecular weight is 493 g/mol. The van der Waals surface area contributed by atoms with Gasteiger partial charge in [-0.05, 0) is 23.1 Å². The monoisotopic (exact) mass is 492 g/mol. The molecule has 2 aromatic heterocycles. The van der Waals surface area contributed by atoms with Crippen LogP contribution in [-0.2, 0) is 10.3 Å². The van der Waals surface area contributed by atoms with Gasteiger partial charge in [0.2, 0.25) is 0 Å². The molecule has 1 aliphatic rings. The molecule has 0 N–H and O–H groups in total. The van der Waals surface area contributed by atoms with Crippen molar-refractivity contribution < 1.29 is 4.74 Å². The van der Waals surface area contributed by atoms with Gasteiger partial charge in [-0.2, -0.15) is 0 Å². The molecule has 0 radical (unpaired) electrons. The number of aromatic nitrogens is 4. The van der Waals surface area contributed by atoms with Gasteiger partial charge >= 0.3 is 0 Å². The van der Waals surface area contributed by atoms with Crippen LogP contribution in [0, 0.1) is 5.92 Å². The van der Waals surface area contributed by atoms with Crippen molar-refractivity contribution >= 4 is 22.8 Å². The van der Waals surface area contributed by atoms with Gasteiger partial charge in [0.05, 0.1) is 12.9 Å². The van der Waals surface area contributed by atoms with E-state index in [-0.39, 0.29) is 12.0 Å². The van der Waals surface area contributed by atoms with Crippen molar-refractivity contribution in [2.24, 2.45) is 5.92 Å². The van der Waals surface area contributed by atoms with E-state index in [9.17, 15) is 0 Å². The molecule has 6 rings (SSSR count). The first-order valence-corrected chi connectivity index (χ1v) is 12.4. The van der Waals surface area contributed by atoms with Gasteiger partial charge in [0.25, 0.3) is 0 Å². The maximum absolute atomic E-state index is 7.07. The van der Waals surface area contributed by atoms with Crippen LogP contribution in [0.5, 0.6) is 0 Å². The second-order valence-electron chi connectivity index (χ2n) is 9.12. The minimum absolute atomic E-state index is 0.103. The Balaban J connectivity index is 1.41. The first-order valence-electron chi connectivity index (χ1n) is 12.0. The predicted octanol–water partition coefficient (Wildman–Crippen LogP) is 6.61. The Bertz CT molecular complexity index is 1410. The quantitative estimate of drug-likeness (QED) is 0.146. The summed E-state index contributed by atoms with van der Waals surface area (Å²) in [6.45, 7) is 4.83. The lowest BCUT2D eigenvalue weighted by molar-refractivity contribution is -0.0211. The van der Waals surface area contributed by atoms with Crippen molar-refractivity contribution in [1.29, 1.82) is 0 Å². The molecule has 0 unspecified atom stereocenters. The summed E-state index contributed by atoms with van der Waals surface area (Å²) in [6.07, 6.45) is 4.12. The number of rotatable bonds is 7. The Morgan fingerprint density at radius 1 is 0.833 bits per heavy atom. The molecular formula is C30H25ClN4O. The number of halogens is 1. The number of nitrogens with zero attached hydrogens (tertiary/aromatic N) is 4.